The molecule has 24 heavy (non-hydrogen) atoms. The molecule has 1 atom stereocenters. The molecule has 0 unspecified atom stereocenters. The van der Waals surface area contributed by atoms with E-state index in [0.29, 0.717) is 19.4 Å². The number of amides is 2. The molecule has 1 aromatic rings. The Morgan fingerprint density at radius 3 is 2.54 bits per heavy atom. The summed E-state index contributed by atoms with van der Waals surface area (Å²) in [5.41, 5.74) is 1.31. The normalized spacial score (nSPS) is 17.6. The Bertz CT molecular complexity index is 521. The Balaban J connectivity index is 1.88. The van der Waals surface area contributed by atoms with E-state index in [1.807, 2.05) is 25.1 Å². The largest absolute Gasteiger partial charge is 0.355 e. The van der Waals surface area contributed by atoms with Gasteiger partial charge >= 0.3 is 0 Å². The molecule has 0 saturated carbocycles. The van der Waals surface area contributed by atoms with E-state index < -0.39 is 0 Å². The van der Waals surface area contributed by atoms with Crippen molar-refractivity contribution in [3.8, 4) is 0 Å². The molecule has 0 radical (unpaired) electrons. The second-order valence-electron chi connectivity index (χ2n) is 6.76. The van der Waals surface area contributed by atoms with Crippen molar-refractivity contribution in [1.82, 2.24) is 15.1 Å². The highest BCUT2D eigenvalue weighted by Gasteiger charge is 2.28. The maximum Gasteiger partial charge on any atom is 0.227 e. The number of carbonyl (C=O) groups is 2. The van der Waals surface area contributed by atoms with Gasteiger partial charge in [0.05, 0.1) is 5.92 Å². The quantitative estimate of drug-likeness (QED) is 0.786. The van der Waals surface area contributed by atoms with Crippen LogP contribution in [0.25, 0.3) is 0 Å². The lowest BCUT2D eigenvalue weighted by Gasteiger charge is -2.30. The Morgan fingerprint density at radius 2 is 1.92 bits per heavy atom. The number of carbonyl (C=O) groups excluding carboxylic acids is 2. The summed E-state index contributed by atoms with van der Waals surface area (Å²) in [7, 11) is 4.04. The van der Waals surface area contributed by atoms with Crippen LogP contribution in [0.4, 0.5) is 0 Å². The maximum absolute atomic E-state index is 12.8. The van der Waals surface area contributed by atoms with E-state index in [2.05, 4.69) is 34.5 Å². The number of hydrogen-bond acceptors (Lipinski definition) is 3. The van der Waals surface area contributed by atoms with Gasteiger partial charge in [-0.3, -0.25) is 9.59 Å². The molecule has 1 fully saturated rings. The molecule has 5 nitrogen and oxygen atoms in total. The summed E-state index contributed by atoms with van der Waals surface area (Å²) in [6, 6.07) is 10.4. The van der Waals surface area contributed by atoms with Gasteiger partial charge in [0, 0.05) is 32.6 Å². The minimum absolute atomic E-state index is 0.0583. The molecule has 1 aliphatic rings. The van der Waals surface area contributed by atoms with E-state index in [0.717, 1.165) is 32.5 Å². The van der Waals surface area contributed by atoms with Crippen LogP contribution in [0.3, 0.4) is 0 Å². The molecular formula is C19H29N3O2. The zero-order valence-corrected chi connectivity index (χ0v) is 14.8. The van der Waals surface area contributed by atoms with Crippen molar-refractivity contribution in [2.24, 2.45) is 5.92 Å². The Morgan fingerprint density at radius 1 is 1.17 bits per heavy atom. The highest BCUT2D eigenvalue weighted by atomic mass is 16.2. The first-order chi connectivity index (χ1) is 11.6. The number of likely N-dealkylation sites (N-methyl/N-ethyl adjacent to an activating group) is 1. The Kier molecular flexibility index (Phi) is 7.25. The van der Waals surface area contributed by atoms with Crippen LogP contribution in [0.15, 0.2) is 30.3 Å². The van der Waals surface area contributed by atoms with Gasteiger partial charge in [0.25, 0.3) is 0 Å². The number of piperidine rings is 1. The monoisotopic (exact) mass is 331 g/mol. The summed E-state index contributed by atoms with van der Waals surface area (Å²) >= 11 is 0. The van der Waals surface area contributed by atoms with E-state index in [1.165, 1.54) is 5.56 Å². The van der Waals surface area contributed by atoms with Crippen molar-refractivity contribution in [3.63, 3.8) is 0 Å². The van der Waals surface area contributed by atoms with Crippen LogP contribution in [0.1, 0.15) is 24.8 Å². The van der Waals surface area contributed by atoms with Crippen LogP contribution in [0, 0.1) is 5.92 Å². The summed E-state index contributed by atoms with van der Waals surface area (Å²) in [5.74, 6) is 0.175. The number of nitrogens with zero attached hydrogens (tertiary/aromatic N) is 2. The molecule has 2 rings (SSSR count). The van der Waals surface area contributed by atoms with Gasteiger partial charge in [0.2, 0.25) is 11.8 Å². The van der Waals surface area contributed by atoms with Gasteiger partial charge in [-0.1, -0.05) is 30.3 Å². The zero-order chi connectivity index (χ0) is 17.4. The van der Waals surface area contributed by atoms with E-state index in [-0.39, 0.29) is 17.7 Å². The summed E-state index contributed by atoms with van der Waals surface area (Å²) in [5, 5.41) is 2.82. The summed E-state index contributed by atoms with van der Waals surface area (Å²) in [4.78, 5) is 28.2. The van der Waals surface area contributed by atoms with Gasteiger partial charge in [-0.15, -0.1) is 0 Å². The first-order valence-electron chi connectivity index (χ1n) is 8.80. The van der Waals surface area contributed by atoms with E-state index >= 15 is 0 Å². The third-order valence-corrected chi connectivity index (χ3v) is 4.48. The van der Waals surface area contributed by atoms with Gasteiger partial charge in [0.1, 0.15) is 0 Å². The third kappa shape index (κ3) is 5.96. The van der Waals surface area contributed by atoms with Gasteiger partial charge < -0.3 is 15.1 Å². The lowest BCUT2D eigenvalue weighted by atomic mass is 9.97. The molecule has 5 heteroatoms. The fourth-order valence-electron chi connectivity index (χ4n) is 2.97. The summed E-state index contributed by atoms with van der Waals surface area (Å²) in [6.45, 7) is 2.85. The SMILES string of the molecule is CN(C)CCN(CCCc1ccccc1)C(=O)[C@H]1CCC(=O)NC1. The Hall–Kier alpha value is -1.88. The van der Waals surface area contributed by atoms with Crippen molar-refractivity contribution >= 4 is 11.8 Å². The van der Waals surface area contributed by atoms with Crippen LogP contribution in [0.5, 0.6) is 0 Å². The van der Waals surface area contributed by atoms with Crippen LogP contribution in [-0.4, -0.2) is 61.9 Å². The minimum Gasteiger partial charge on any atom is -0.355 e. The number of hydrogen-bond donors (Lipinski definition) is 1. The molecule has 1 aliphatic heterocycles. The molecule has 2 amide bonds. The van der Waals surface area contributed by atoms with E-state index in [1.54, 1.807) is 0 Å². The lowest BCUT2D eigenvalue weighted by Crippen LogP contribution is -2.46. The standard InChI is InChI=1S/C19H29N3O2/c1-21(2)13-14-22(12-6-9-16-7-4-3-5-8-16)19(24)17-10-11-18(23)20-15-17/h3-5,7-8,17H,6,9-15H2,1-2H3,(H,20,23)/t17-/m0/s1. The first-order valence-corrected chi connectivity index (χ1v) is 8.80. The smallest absolute Gasteiger partial charge is 0.227 e. The fourth-order valence-corrected chi connectivity index (χ4v) is 2.97. The van der Waals surface area contributed by atoms with Gasteiger partial charge in [-0.05, 0) is 38.9 Å². The van der Waals surface area contributed by atoms with Gasteiger partial charge in [0.15, 0.2) is 0 Å². The molecule has 0 spiro atoms. The van der Waals surface area contributed by atoms with Crippen molar-refractivity contribution in [1.29, 1.82) is 0 Å². The predicted molar refractivity (Wildman–Crippen MR) is 95.6 cm³/mol. The van der Waals surface area contributed by atoms with Crippen LogP contribution in [0.2, 0.25) is 0 Å². The molecular weight excluding hydrogens is 302 g/mol. The molecule has 0 aliphatic carbocycles. The van der Waals surface area contributed by atoms with Crippen molar-refractivity contribution < 1.29 is 9.59 Å². The van der Waals surface area contributed by atoms with Crippen molar-refractivity contribution in [3.05, 3.63) is 35.9 Å². The molecule has 0 aromatic heterocycles. The van der Waals surface area contributed by atoms with Gasteiger partial charge in [-0.25, -0.2) is 0 Å². The fraction of sp³-hybridized carbons (Fsp3) is 0.579. The topological polar surface area (TPSA) is 52.7 Å². The van der Waals surface area contributed by atoms with E-state index in [4.69, 9.17) is 0 Å². The zero-order valence-electron chi connectivity index (χ0n) is 14.8. The number of rotatable bonds is 8. The number of aryl methyl sites for hydroxylation is 1. The third-order valence-electron chi connectivity index (χ3n) is 4.48. The highest BCUT2D eigenvalue weighted by Crippen LogP contribution is 2.15. The van der Waals surface area contributed by atoms with Crippen LogP contribution >= 0.6 is 0 Å². The van der Waals surface area contributed by atoms with Crippen LogP contribution in [-0.2, 0) is 16.0 Å². The summed E-state index contributed by atoms with van der Waals surface area (Å²) in [6.07, 6.45) is 3.07. The number of nitrogens with one attached hydrogen (secondary N) is 1. The van der Waals surface area contributed by atoms with E-state index in [9.17, 15) is 9.59 Å². The van der Waals surface area contributed by atoms with Crippen LogP contribution < -0.4 is 5.32 Å². The van der Waals surface area contributed by atoms with Gasteiger partial charge in [-0.2, -0.15) is 0 Å². The Labute approximate surface area is 145 Å². The molecule has 1 aromatic carbocycles. The number of benzene rings is 1. The second kappa shape index (κ2) is 9.42. The highest BCUT2D eigenvalue weighted by molar-refractivity contribution is 5.83. The average Bonchev–Trinajstić information content (AvgIpc) is 2.58. The average molecular weight is 331 g/mol. The lowest BCUT2D eigenvalue weighted by molar-refractivity contribution is -0.137. The minimum atomic E-state index is -0.0680. The van der Waals surface area contributed by atoms with Crippen molar-refractivity contribution in [2.75, 3.05) is 40.3 Å². The molecule has 1 N–H and O–H groups in total. The summed E-state index contributed by atoms with van der Waals surface area (Å²) < 4.78 is 0. The first kappa shape index (κ1) is 18.5. The maximum atomic E-state index is 12.8. The second-order valence-corrected chi connectivity index (χ2v) is 6.76. The molecule has 0 bridgehead atoms. The molecule has 1 heterocycles. The molecule has 1 saturated heterocycles. The van der Waals surface area contributed by atoms with Crippen molar-refractivity contribution in [2.45, 2.75) is 25.7 Å². The molecule has 132 valence electrons. The predicted octanol–water partition coefficient (Wildman–Crippen LogP) is 1.54.